The van der Waals surface area contributed by atoms with E-state index in [1.807, 2.05) is 19.9 Å². The number of amides is 1. The number of esters is 1. The largest absolute Gasteiger partial charge is 0.452 e. The van der Waals surface area contributed by atoms with Crippen LogP contribution in [0.1, 0.15) is 26.3 Å². The molecule has 1 fully saturated rings. The van der Waals surface area contributed by atoms with Gasteiger partial charge in [-0.3, -0.25) is 9.59 Å². The number of nitrogens with one attached hydrogen (secondary N) is 1. The first-order chi connectivity index (χ1) is 13.2. The predicted molar refractivity (Wildman–Crippen MR) is 105 cm³/mol. The van der Waals surface area contributed by atoms with Gasteiger partial charge in [0.15, 0.2) is 6.10 Å². The Morgan fingerprint density at radius 3 is 2.46 bits per heavy atom. The van der Waals surface area contributed by atoms with Crippen molar-refractivity contribution in [1.29, 1.82) is 0 Å². The highest BCUT2D eigenvalue weighted by Crippen LogP contribution is 2.12. The second-order valence-electron chi connectivity index (χ2n) is 6.71. The molecule has 8 nitrogen and oxygen atoms in total. The summed E-state index contributed by atoms with van der Waals surface area (Å²) in [6, 6.07) is 8.89. The van der Waals surface area contributed by atoms with Crippen LogP contribution in [0.4, 0.5) is 0 Å². The zero-order chi connectivity index (χ0) is 20.7. The van der Waals surface area contributed by atoms with Crippen molar-refractivity contribution in [2.75, 3.05) is 19.6 Å². The first-order valence-corrected chi connectivity index (χ1v) is 10.6. The molecular formula is C19H26N2O6S. The summed E-state index contributed by atoms with van der Waals surface area (Å²) in [5.74, 6) is -1.16. The van der Waals surface area contributed by atoms with E-state index < -0.39 is 28.6 Å². The van der Waals surface area contributed by atoms with Crippen molar-refractivity contribution in [1.82, 2.24) is 9.62 Å². The lowest BCUT2D eigenvalue weighted by atomic mass is 10.2. The lowest BCUT2D eigenvalue weighted by molar-refractivity contribution is -0.163. The Bertz CT molecular complexity index is 799. The first-order valence-electron chi connectivity index (χ1n) is 9.03. The van der Waals surface area contributed by atoms with Crippen LogP contribution < -0.4 is 4.72 Å². The van der Waals surface area contributed by atoms with Gasteiger partial charge in [-0.15, -0.1) is 0 Å². The molecular weight excluding hydrogens is 384 g/mol. The van der Waals surface area contributed by atoms with Gasteiger partial charge in [-0.05, 0) is 32.4 Å². The molecule has 0 spiro atoms. The number of sulfonamides is 1. The summed E-state index contributed by atoms with van der Waals surface area (Å²) in [4.78, 5) is 25.9. The normalized spacial score (nSPS) is 21.5. The van der Waals surface area contributed by atoms with Crippen molar-refractivity contribution in [3.63, 3.8) is 0 Å². The Morgan fingerprint density at radius 1 is 1.25 bits per heavy atom. The van der Waals surface area contributed by atoms with Gasteiger partial charge in [0.2, 0.25) is 10.0 Å². The van der Waals surface area contributed by atoms with Crippen LogP contribution in [-0.4, -0.2) is 63.1 Å². The summed E-state index contributed by atoms with van der Waals surface area (Å²) in [5.41, 5.74) is 0.712. The van der Waals surface area contributed by atoms with Gasteiger partial charge in [0, 0.05) is 18.5 Å². The van der Waals surface area contributed by atoms with E-state index in [9.17, 15) is 18.0 Å². The van der Waals surface area contributed by atoms with Gasteiger partial charge < -0.3 is 14.4 Å². The fourth-order valence-electron chi connectivity index (χ4n) is 2.84. The Labute approximate surface area is 165 Å². The highest BCUT2D eigenvalue weighted by molar-refractivity contribution is 7.92. The third-order valence-electron chi connectivity index (χ3n) is 4.04. The minimum atomic E-state index is -3.81. The van der Waals surface area contributed by atoms with Gasteiger partial charge in [-0.25, -0.2) is 13.1 Å². The molecule has 1 aliphatic rings. The van der Waals surface area contributed by atoms with E-state index in [2.05, 4.69) is 4.72 Å². The average molecular weight is 410 g/mol. The van der Waals surface area contributed by atoms with Gasteiger partial charge in [-0.2, -0.15) is 0 Å². The van der Waals surface area contributed by atoms with Gasteiger partial charge in [0.05, 0.1) is 12.2 Å². The van der Waals surface area contributed by atoms with Crippen molar-refractivity contribution in [2.45, 2.75) is 39.1 Å². The van der Waals surface area contributed by atoms with E-state index in [1.54, 1.807) is 29.2 Å². The number of carbonyl (C=O) groups is 2. The second kappa shape index (κ2) is 9.81. The molecule has 1 N–H and O–H groups in total. The first kappa shape index (κ1) is 22.1. The molecule has 1 saturated heterocycles. The molecule has 0 saturated carbocycles. The predicted octanol–water partition coefficient (Wildman–Crippen LogP) is 1.14. The molecule has 3 unspecified atom stereocenters. The fraction of sp³-hybridized carbons (Fsp3) is 0.474. The Balaban J connectivity index is 1.82. The molecule has 1 aromatic rings. The van der Waals surface area contributed by atoms with E-state index in [-0.39, 0.29) is 18.1 Å². The zero-order valence-electron chi connectivity index (χ0n) is 16.2. The molecule has 1 amide bonds. The Morgan fingerprint density at radius 2 is 1.86 bits per heavy atom. The van der Waals surface area contributed by atoms with Crippen molar-refractivity contribution in [3.8, 4) is 0 Å². The van der Waals surface area contributed by atoms with Crippen molar-refractivity contribution in [2.24, 2.45) is 0 Å². The molecule has 0 aliphatic carbocycles. The lowest BCUT2D eigenvalue weighted by Crippen LogP contribution is -2.51. The summed E-state index contributed by atoms with van der Waals surface area (Å²) < 4.78 is 36.7. The molecule has 1 heterocycles. The molecule has 1 aromatic carbocycles. The van der Waals surface area contributed by atoms with Gasteiger partial charge >= 0.3 is 5.97 Å². The van der Waals surface area contributed by atoms with Crippen LogP contribution in [0.15, 0.2) is 35.7 Å². The van der Waals surface area contributed by atoms with E-state index in [0.717, 1.165) is 5.41 Å². The summed E-state index contributed by atoms with van der Waals surface area (Å²) in [6.07, 6.45) is 0.215. The molecule has 28 heavy (non-hydrogen) atoms. The molecule has 0 aromatic heterocycles. The molecule has 3 atom stereocenters. The van der Waals surface area contributed by atoms with Crippen LogP contribution in [0.25, 0.3) is 6.08 Å². The summed E-state index contributed by atoms with van der Waals surface area (Å²) in [6.45, 7) is 5.47. The second-order valence-corrected chi connectivity index (χ2v) is 8.36. The third-order valence-corrected chi connectivity index (χ3v) is 5.09. The maximum atomic E-state index is 12.4. The van der Waals surface area contributed by atoms with Crippen LogP contribution in [0.5, 0.6) is 0 Å². The monoisotopic (exact) mass is 410 g/mol. The van der Waals surface area contributed by atoms with Crippen molar-refractivity contribution >= 4 is 28.0 Å². The Hall–Kier alpha value is -2.23. The minimum absolute atomic E-state index is 0.0983. The number of hydrogen-bond donors (Lipinski definition) is 1. The molecule has 1 aliphatic heterocycles. The molecule has 0 radical (unpaired) electrons. The van der Waals surface area contributed by atoms with Crippen LogP contribution >= 0.6 is 0 Å². The number of ether oxygens (including phenoxy) is 2. The minimum Gasteiger partial charge on any atom is -0.452 e. The van der Waals surface area contributed by atoms with Gasteiger partial charge in [-0.1, -0.05) is 30.3 Å². The third kappa shape index (κ3) is 7.06. The number of benzene rings is 1. The number of nitrogens with zero attached hydrogens (tertiary/aromatic N) is 1. The highest BCUT2D eigenvalue weighted by atomic mass is 32.2. The lowest BCUT2D eigenvalue weighted by Gasteiger charge is -2.36. The number of carbonyl (C=O) groups excluding carboxylic acids is 2. The van der Waals surface area contributed by atoms with Gasteiger partial charge in [0.25, 0.3) is 5.91 Å². The van der Waals surface area contributed by atoms with Crippen LogP contribution in [-0.2, 0) is 29.1 Å². The standard InChI is InChI=1S/C19H26N2O6S/c1-14-12-21(13-15(2)26-14)19(23)16(3)27-18(22)11-20-28(24,25)10-9-17-7-5-4-6-8-17/h4-10,14-16,20H,11-13H2,1-3H3/b10-9+. The molecule has 154 valence electrons. The summed E-state index contributed by atoms with van der Waals surface area (Å²) in [7, 11) is -3.81. The number of hydrogen-bond acceptors (Lipinski definition) is 6. The Kier molecular flexibility index (Phi) is 7.73. The quantitative estimate of drug-likeness (QED) is 0.677. The number of rotatable bonds is 7. The molecule has 0 bridgehead atoms. The maximum absolute atomic E-state index is 12.4. The molecule has 2 rings (SSSR count). The zero-order valence-corrected chi connectivity index (χ0v) is 17.0. The SMILES string of the molecule is CC1CN(C(=O)C(C)OC(=O)CNS(=O)(=O)/C=C/c2ccccc2)CC(C)O1. The van der Waals surface area contributed by atoms with E-state index >= 15 is 0 Å². The topological polar surface area (TPSA) is 102 Å². The van der Waals surface area contributed by atoms with Gasteiger partial charge in [0.1, 0.15) is 6.54 Å². The van der Waals surface area contributed by atoms with E-state index in [4.69, 9.17) is 9.47 Å². The van der Waals surface area contributed by atoms with Crippen LogP contribution in [0.3, 0.4) is 0 Å². The summed E-state index contributed by atoms with van der Waals surface area (Å²) in [5, 5.41) is 0.973. The average Bonchev–Trinajstić information content (AvgIpc) is 2.64. The van der Waals surface area contributed by atoms with E-state index in [0.29, 0.717) is 18.7 Å². The summed E-state index contributed by atoms with van der Waals surface area (Å²) >= 11 is 0. The van der Waals surface area contributed by atoms with E-state index in [1.165, 1.54) is 13.0 Å². The molecule has 9 heteroatoms. The maximum Gasteiger partial charge on any atom is 0.321 e. The van der Waals surface area contributed by atoms with Crippen molar-refractivity contribution in [3.05, 3.63) is 41.3 Å². The highest BCUT2D eigenvalue weighted by Gasteiger charge is 2.30. The van der Waals surface area contributed by atoms with Crippen LogP contribution in [0.2, 0.25) is 0 Å². The smallest absolute Gasteiger partial charge is 0.321 e. The van der Waals surface area contributed by atoms with Crippen molar-refractivity contribution < 1.29 is 27.5 Å². The number of morpholine rings is 1. The van der Waals surface area contributed by atoms with Crippen LogP contribution in [0, 0.1) is 0 Å². The fourth-order valence-corrected chi connectivity index (χ4v) is 3.60.